The van der Waals surface area contributed by atoms with Gasteiger partial charge in [-0.05, 0) is 24.3 Å². The van der Waals surface area contributed by atoms with Gasteiger partial charge in [0.15, 0.2) is 17.3 Å². The van der Waals surface area contributed by atoms with E-state index in [2.05, 4.69) is 5.32 Å². The zero-order valence-corrected chi connectivity index (χ0v) is 14.0. The van der Waals surface area contributed by atoms with E-state index in [0.717, 1.165) is 0 Å². The molecule has 0 spiro atoms. The Hall–Kier alpha value is -3.87. The lowest BCUT2D eigenvalue weighted by molar-refractivity contribution is -0.383. The van der Waals surface area contributed by atoms with Gasteiger partial charge in [0.25, 0.3) is 5.69 Å². The largest absolute Gasteiger partial charge is 0.454 e. The molecule has 1 heterocycles. The van der Waals surface area contributed by atoms with Crippen LogP contribution in [0.3, 0.4) is 0 Å². The Balaban J connectivity index is 1.65. The molecule has 0 fully saturated rings. The van der Waals surface area contributed by atoms with Gasteiger partial charge in [0.1, 0.15) is 5.69 Å². The van der Waals surface area contributed by atoms with Crippen molar-refractivity contribution in [3.8, 4) is 11.5 Å². The van der Waals surface area contributed by atoms with Crippen LogP contribution in [0.25, 0.3) is 0 Å². The lowest BCUT2D eigenvalue weighted by Crippen LogP contribution is -2.04. The number of nitrogens with one attached hydrogen (secondary N) is 1. The summed E-state index contributed by atoms with van der Waals surface area (Å²) >= 11 is 0. The van der Waals surface area contributed by atoms with E-state index in [9.17, 15) is 14.9 Å². The summed E-state index contributed by atoms with van der Waals surface area (Å²) in [5, 5.41) is 14.5. The third kappa shape index (κ3) is 3.30. The van der Waals surface area contributed by atoms with Gasteiger partial charge in [-0.1, -0.05) is 30.3 Å². The number of benzene rings is 3. The van der Waals surface area contributed by atoms with E-state index in [1.165, 1.54) is 12.1 Å². The molecule has 0 radical (unpaired) electrons. The number of hydrogen-bond donors (Lipinski definition) is 1. The Kier molecular flexibility index (Phi) is 4.18. The van der Waals surface area contributed by atoms with Crippen LogP contribution < -0.4 is 14.8 Å². The topological polar surface area (TPSA) is 90.7 Å². The van der Waals surface area contributed by atoms with E-state index in [1.54, 1.807) is 54.6 Å². The van der Waals surface area contributed by atoms with Gasteiger partial charge in [0.2, 0.25) is 6.79 Å². The summed E-state index contributed by atoms with van der Waals surface area (Å²) in [5.74, 6) is 0.922. The summed E-state index contributed by atoms with van der Waals surface area (Å²) < 4.78 is 10.6. The molecule has 134 valence electrons. The van der Waals surface area contributed by atoms with Gasteiger partial charge in [-0.3, -0.25) is 14.9 Å². The molecule has 7 nitrogen and oxygen atoms in total. The molecule has 7 heteroatoms. The fourth-order valence-corrected chi connectivity index (χ4v) is 2.82. The predicted molar refractivity (Wildman–Crippen MR) is 98.8 cm³/mol. The van der Waals surface area contributed by atoms with Gasteiger partial charge in [0, 0.05) is 28.9 Å². The number of nitrogens with zero attached hydrogens (tertiary/aromatic N) is 1. The summed E-state index contributed by atoms with van der Waals surface area (Å²) in [6.07, 6.45) is 0. The van der Waals surface area contributed by atoms with Crippen molar-refractivity contribution >= 4 is 22.8 Å². The van der Waals surface area contributed by atoms with E-state index in [1.807, 2.05) is 0 Å². The molecule has 0 saturated carbocycles. The lowest BCUT2D eigenvalue weighted by Gasteiger charge is -2.09. The minimum absolute atomic E-state index is 0.148. The molecule has 0 bridgehead atoms. The maximum absolute atomic E-state index is 12.5. The molecule has 0 amide bonds. The van der Waals surface area contributed by atoms with Gasteiger partial charge >= 0.3 is 0 Å². The van der Waals surface area contributed by atoms with Gasteiger partial charge in [-0.25, -0.2) is 0 Å². The number of hydrogen-bond acceptors (Lipinski definition) is 6. The van der Waals surface area contributed by atoms with Crippen molar-refractivity contribution in [1.82, 2.24) is 0 Å². The van der Waals surface area contributed by atoms with E-state index < -0.39 is 4.92 Å². The first kappa shape index (κ1) is 16.6. The fraction of sp³-hybridized carbons (Fsp3) is 0.0500. The average molecular weight is 362 g/mol. The van der Waals surface area contributed by atoms with Crippen LogP contribution in [0, 0.1) is 10.1 Å². The second kappa shape index (κ2) is 6.80. The van der Waals surface area contributed by atoms with Gasteiger partial charge < -0.3 is 14.8 Å². The monoisotopic (exact) mass is 362 g/mol. The van der Waals surface area contributed by atoms with Crippen LogP contribution >= 0.6 is 0 Å². The highest BCUT2D eigenvalue weighted by Gasteiger charge is 2.20. The molecule has 3 aromatic carbocycles. The Labute approximate surface area is 154 Å². The molecule has 1 aliphatic rings. The Morgan fingerprint density at radius 3 is 2.48 bits per heavy atom. The quantitative estimate of drug-likeness (QED) is 0.413. The zero-order valence-electron chi connectivity index (χ0n) is 14.0. The number of nitro groups is 1. The number of rotatable bonds is 5. The summed E-state index contributed by atoms with van der Waals surface area (Å²) in [4.78, 5) is 23.5. The minimum atomic E-state index is -0.517. The molecular weight excluding hydrogens is 348 g/mol. The van der Waals surface area contributed by atoms with E-state index in [-0.39, 0.29) is 29.5 Å². The zero-order chi connectivity index (χ0) is 18.8. The fourth-order valence-electron chi connectivity index (χ4n) is 2.82. The first-order valence-electron chi connectivity index (χ1n) is 8.17. The van der Waals surface area contributed by atoms with Crippen molar-refractivity contribution < 1.29 is 19.2 Å². The second-order valence-corrected chi connectivity index (χ2v) is 5.88. The molecular formula is C20H14N2O5. The van der Waals surface area contributed by atoms with Crippen LogP contribution in [0.1, 0.15) is 15.9 Å². The van der Waals surface area contributed by atoms with Crippen molar-refractivity contribution in [1.29, 1.82) is 0 Å². The molecule has 3 aromatic rings. The molecule has 0 aliphatic carbocycles. The predicted octanol–water partition coefficient (Wildman–Crippen LogP) is 4.30. The van der Waals surface area contributed by atoms with Gasteiger partial charge in [0.05, 0.1) is 4.92 Å². The minimum Gasteiger partial charge on any atom is -0.454 e. The third-order valence-corrected chi connectivity index (χ3v) is 4.14. The number of carbonyl (C=O) groups excluding carboxylic acids is 1. The normalized spacial score (nSPS) is 11.9. The highest BCUT2D eigenvalue weighted by atomic mass is 16.7. The van der Waals surface area contributed by atoms with Crippen molar-refractivity contribution in [2.24, 2.45) is 0 Å². The number of fused-ring (bicyclic) bond motifs is 1. The molecule has 27 heavy (non-hydrogen) atoms. The number of ketones is 1. The Bertz CT molecular complexity index is 1030. The SMILES string of the molecule is O=C(c1ccccc1)c1ccc(Nc2ccc3c(c2)OCO3)c([N+](=O)[O-])c1. The first-order chi connectivity index (χ1) is 13.1. The first-order valence-corrected chi connectivity index (χ1v) is 8.17. The summed E-state index contributed by atoms with van der Waals surface area (Å²) in [6.45, 7) is 0.148. The van der Waals surface area contributed by atoms with Crippen molar-refractivity contribution in [2.45, 2.75) is 0 Å². The molecule has 4 rings (SSSR count). The van der Waals surface area contributed by atoms with Crippen LogP contribution in [0.2, 0.25) is 0 Å². The standard InChI is InChI=1S/C20H14N2O5/c23-20(13-4-2-1-3-5-13)14-6-8-16(17(10-14)22(24)25)21-15-7-9-18-19(11-15)27-12-26-18/h1-11,21H,12H2. The summed E-state index contributed by atoms with van der Waals surface area (Å²) in [5.41, 5.74) is 1.44. The molecule has 1 aliphatic heterocycles. The molecule has 0 saturated heterocycles. The number of nitro benzene ring substituents is 1. The van der Waals surface area contributed by atoms with E-state index in [0.29, 0.717) is 22.7 Å². The summed E-state index contributed by atoms with van der Waals surface area (Å²) in [6, 6.07) is 18.2. The maximum Gasteiger partial charge on any atom is 0.293 e. The molecule has 1 N–H and O–H groups in total. The molecule has 0 aromatic heterocycles. The number of ether oxygens (including phenoxy) is 2. The number of anilines is 2. The van der Waals surface area contributed by atoms with Gasteiger partial charge in [-0.2, -0.15) is 0 Å². The molecule has 0 unspecified atom stereocenters. The van der Waals surface area contributed by atoms with Crippen molar-refractivity contribution in [2.75, 3.05) is 12.1 Å². The van der Waals surface area contributed by atoms with Crippen molar-refractivity contribution in [3.63, 3.8) is 0 Å². The number of carbonyl (C=O) groups is 1. The van der Waals surface area contributed by atoms with E-state index in [4.69, 9.17) is 9.47 Å². The van der Waals surface area contributed by atoms with Crippen LogP contribution in [0.5, 0.6) is 11.5 Å². The van der Waals surface area contributed by atoms with Crippen molar-refractivity contribution in [3.05, 3.63) is 88.0 Å². The highest BCUT2D eigenvalue weighted by Crippen LogP contribution is 2.36. The molecule has 0 atom stereocenters. The lowest BCUT2D eigenvalue weighted by atomic mass is 10.0. The van der Waals surface area contributed by atoms with Gasteiger partial charge in [-0.15, -0.1) is 0 Å². The van der Waals surface area contributed by atoms with Crippen LogP contribution in [-0.2, 0) is 0 Å². The van der Waals surface area contributed by atoms with Crippen LogP contribution in [0.4, 0.5) is 17.1 Å². The summed E-state index contributed by atoms with van der Waals surface area (Å²) in [7, 11) is 0. The Morgan fingerprint density at radius 1 is 0.926 bits per heavy atom. The van der Waals surface area contributed by atoms with Crippen LogP contribution in [0.15, 0.2) is 66.7 Å². The highest BCUT2D eigenvalue weighted by molar-refractivity contribution is 6.09. The smallest absolute Gasteiger partial charge is 0.293 e. The van der Waals surface area contributed by atoms with Crippen LogP contribution in [-0.4, -0.2) is 17.5 Å². The average Bonchev–Trinajstić information content (AvgIpc) is 3.16. The van der Waals surface area contributed by atoms with E-state index >= 15 is 0 Å². The maximum atomic E-state index is 12.5. The third-order valence-electron chi connectivity index (χ3n) is 4.14. The second-order valence-electron chi connectivity index (χ2n) is 5.88. The Morgan fingerprint density at radius 2 is 1.70 bits per heavy atom.